The second kappa shape index (κ2) is 7.58. The van der Waals surface area contributed by atoms with Crippen LogP contribution < -0.4 is 5.43 Å². The van der Waals surface area contributed by atoms with Gasteiger partial charge in [0.15, 0.2) is 0 Å². The van der Waals surface area contributed by atoms with E-state index in [-0.39, 0.29) is 5.91 Å². The Hall–Kier alpha value is -1.16. The molecule has 110 valence electrons. The summed E-state index contributed by atoms with van der Waals surface area (Å²) < 4.78 is 0. The molecule has 1 aromatic rings. The summed E-state index contributed by atoms with van der Waals surface area (Å²) in [6.45, 7) is 4.28. The maximum Gasteiger partial charge on any atom is 0.281 e. The van der Waals surface area contributed by atoms with Crippen molar-refractivity contribution < 1.29 is 4.79 Å². The van der Waals surface area contributed by atoms with Crippen molar-refractivity contribution in [2.45, 2.75) is 65.2 Å². The molecule has 0 spiro atoms. The Labute approximate surface area is 125 Å². The fourth-order valence-corrected chi connectivity index (χ4v) is 3.74. The van der Waals surface area contributed by atoms with Gasteiger partial charge in [-0.05, 0) is 50.2 Å². The number of hydrogen-bond donors (Lipinski definition) is 1. The van der Waals surface area contributed by atoms with Crippen LogP contribution in [0.1, 0.15) is 72.5 Å². The molecule has 0 aromatic carbocycles. The Morgan fingerprint density at radius 2 is 1.95 bits per heavy atom. The van der Waals surface area contributed by atoms with Crippen LogP contribution in [-0.2, 0) is 12.8 Å². The fraction of sp³-hybridized carbons (Fsp3) is 0.625. The van der Waals surface area contributed by atoms with Crippen LogP contribution in [0.2, 0.25) is 0 Å². The summed E-state index contributed by atoms with van der Waals surface area (Å²) in [4.78, 5) is 14.4. The van der Waals surface area contributed by atoms with E-state index in [9.17, 15) is 4.79 Å². The van der Waals surface area contributed by atoms with Gasteiger partial charge in [-0.2, -0.15) is 5.10 Å². The zero-order valence-corrected chi connectivity index (χ0v) is 13.3. The molecule has 1 amide bonds. The van der Waals surface area contributed by atoms with Crippen molar-refractivity contribution in [3.8, 4) is 0 Å². The van der Waals surface area contributed by atoms with Crippen molar-refractivity contribution in [1.82, 2.24) is 5.43 Å². The van der Waals surface area contributed by atoms with E-state index in [0.717, 1.165) is 49.1 Å². The third kappa shape index (κ3) is 3.92. The summed E-state index contributed by atoms with van der Waals surface area (Å²) in [5, 5.41) is 4.31. The van der Waals surface area contributed by atoms with Crippen LogP contribution in [-0.4, -0.2) is 11.6 Å². The fourth-order valence-electron chi connectivity index (χ4n) is 2.60. The van der Waals surface area contributed by atoms with Gasteiger partial charge in [-0.3, -0.25) is 4.79 Å². The minimum atomic E-state index is -0.0471. The van der Waals surface area contributed by atoms with Gasteiger partial charge in [0.1, 0.15) is 0 Å². The molecule has 0 atom stereocenters. The second-order valence-electron chi connectivity index (χ2n) is 5.39. The van der Waals surface area contributed by atoms with Gasteiger partial charge in [-0.15, -0.1) is 11.3 Å². The van der Waals surface area contributed by atoms with Gasteiger partial charge in [-0.1, -0.05) is 26.7 Å². The van der Waals surface area contributed by atoms with E-state index in [0.29, 0.717) is 0 Å². The molecule has 0 bridgehead atoms. The van der Waals surface area contributed by atoms with Crippen molar-refractivity contribution >= 4 is 23.0 Å². The van der Waals surface area contributed by atoms with Crippen LogP contribution in [0.15, 0.2) is 11.2 Å². The molecule has 0 radical (unpaired) electrons. The molecule has 0 saturated carbocycles. The molecule has 1 aromatic heterocycles. The number of fused-ring (bicyclic) bond motifs is 1. The minimum Gasteiger partial charge on any atom is -0.266 e. The number of carbonyl (C=O) groups is 1. The molecule has 20 heavy (non-hydrogen) atoms. The SMILES string of the molecule is CCCC(CCC)=NNC(=O)c1cc2c(s1)CCCC2. The summed E-state index contributed by atoms with van der Waals surface area (Å²) in [6, 6.07) is 2.06. The van der Waals surface area contributed by atoms with Gasteiger partial charge in [-0.25, -0.2) is 5.43 Å². The highest BCUT2D eigenvalue weighted by atomic mass is 32.1. The molecule has 0 aliphatic heterocycles. The number of aryl methyl sites for hydroxylation is 2. The molecule has 0 fully saturated rings. The second-order valence-corrected chi connectivity index (χ2v) is 6.52. The first-order valence-corrected chi connectivity index (χ1v) is 8.53. The van der Waals surface area contributed by atoms with Crippen molar-refractivity contribution in [2.75, 3.05) is 0 Å². The van der Waals surface area contributed by atoms with Gasteiger partial charge in [0.25, 0.3) is 5.91 Å². The van der Waals surface area contributed by atoms with Crippen molar-refractivity contribution in [3.63, 3.8) is 0 Å². The Bertz CT molecular complexity index is 459. The monoisotopic (exact) mass is 292 g/mol. The van der Waals surface area contributed by atoms with E-state index >= 15 is 0 Å². The van der Waals surface area contributed by atoms with E-state index in [2.05, 4.69) is 30.4 Å². The van der Waals surface area contributed by atoms with E-state index in [1.165, 1.54) is 23.3 Å². The predicted octanol–water partition coefficient (Wildman–Crippen LogP) is 4.31. The highest BCUT2D eigenvalue weighted by molar-refractivity contribution is 7.14. The maximum absolute atomic E-state index is 12.2. The van der Waals surface area contributed by atoms with Crippen LogP contribution in [0.5, 0.6) is 0 Å². The lowest BCUT2D eigenvalue weighted by Gasteiger charge is -2.08. The average molecular weight is 292 g/mol. The van der Waals surface area contributed by atoms with E-state index in [1.54, 1.807) is 11.3 Å². The van der Waals surface area contributed by atoms with Gasteiger partial charge >= 0.3 is 0 Å². The third-order valence-electron chi connectivity index (χ3n) is 3.61. The van der Waals surface area contributed by atoms with E-state index in [1.807, 2.05) is 0 Å². The van der Waals surface area contributed by atoms with Crippen LogP contribution in [0.4, 0.5) is 0 Å². The summed E-state index contributed by atoms with van der Waals surface area (Å²) in [5.41, 5.74) is 5.21. The summed E-state index contributed by atoms with van der Waals surface area (Å²) >= 11 is 1.64. The number of hydrazone groups is 1. The summed E-state index contributed by atoms with van der Waals surface area (Å²) in [7, 11) is 0. The molecule has 1 N–H and O–H groups in total. The molecular formula is C16H24N2OS. The predicted molar refractivity (Wildman–Crippen MR) is 85.7 cm³/mol. The zero-order chi connectivity index (χ0) is 14.4. The first-order chi connectivity index (χ1) is 9.74. The molecule has 1 aliphatic carbocycles. The van der Waals surface area contributed by atoms with Gasteiger partial charge in [0.05, 0.1) is 4.88 Å². The van der Waals surface area contributed by atoms with Crippen molar-refractivity contribution in [2.24, 2.45) is 5.10 Å². The van der Waals surface area contributed by atoms with Crippen molar-refractivity contribution in [3.05, 3.63) is 21.4 Å². The van der Waals surface area contributed by atoms with Gasteiger partial charge in [0, 0.05) is 10.6 Å². The molecule has 2 rings (SSSR count). The highest BCUT2D eigenvalue weighted by Gasteiger charge is 2.17. The maximum atomic E-state index is 12.2. The smallest absolute Gasteiger partial charge is 0.266 e. The summed E-state index contributed by atoms with van der Waals surface area (Å²) in [5.74, 6) is -0.0471. The van der Waals surface area contributed by atoms with Crippen LogP contribution in [0.25, 0.3) is 0 Å². The molecular weight excluding hydrogens is 268 g/mol. The molecule has 3 nitrogen and oxygen atoms in total. The first-order valence-electron chi connectivity index (χ1n) is 7.72. The van der Waals surface area contributed by atoms with Crippen LogP contribution >= 0.6 is 11.3 Å². The van der Waals surface area contributed by atoms with E-state index in [4.69, 9.17) is 0 Å². The lowest BCUT2D eigenvalue weighted by Crippen LogP contribution is -2.18. The highest BCUT2D eigenvalue weighted by Crippen LogP contribution is 2.29. The Balaban J connectivity index is 2.00. The topological polar surface area (TPSA) is 41.5 Å². The Morgan fingerprint density at radius 3 is 2.60 bits per heavy atom. The molecule has 1 aliphatic rings. The van der Waals surface area contributed by atoms with Crippen LogP contribution in [0, 0.1) is 0 Å². The van der Waals surface area contributed by atoms with Gasteiger partial charge in [0.2, 0.25) is 0 Å². The Kier molecular flexibility index (Phi) is 5.77. The van der Waals surface area contributed by atoms with Gasteiger partial charge < -0.3 is 0 Å². The quantitative estimate of drug-likeness (QED) is 0.616. The number of nitrogens with zero attached hydrogens (tertiary/aromatic N) is 1. The third-order valence-corrected chi connectivity index (χ3v) is 4.85. The number of amides is 1. The zero-order valence-electron chi connectivity index (χ0n) is 12.5. The number of hydrogen-bond acceptors (Lipinski definition) is 3. The molecule has 0 saturated heterocycles. The number of thiophene rings is 1. The molecule has 0 unspecified atom stereocenters. The van der Waals surface area contributed by atoms with E-state index < -0.39 is 0 Å². The van der Waals surface area contributed by atoms with Crippen LogP contribution in [0.3, 0.4) is 0 Å². The number of rotatable bonds is 6. The largest absolute Gasteiger partial charge is 0.281 e. The normalized spacial score (nSPS) is 13.7. The molecule has 4 heteroatoms. The summed E-state index contributed by atoms with van der Waals surface area (Å²) in [6.07, 6.45) is 8.84. The van der Waals surface area contributed by atoms with Crippen molar-refractivity contribution in [1.29, 1.82) is 0 Å². The standard InChI is InChI=1S/C16H24N2OS/c1-3-7-13(8-4-2)17-18-16(19)15-11-12-9-5-6-10-14(12)20-15/h11H,3-10H2,1-2H3,(H,18,19). The number of nitrogens with one attached hydrogen (secondary N) is 1. The average Bonchev–Trinajstić information content (AvgIpc) is 2.89. The number of carbonyl (C=O) groups excluding carboxylic acids is 1. The minimum absolute atomic E-state index is 0.0471. The molecule has 1 heterocycles. The first kappa shape index (κ1) is 15.2. The lowest BCUT2D eigenvalue weighted by molar-refractivity contribution is 0.0958. The lowest BCUT2D eigenvalue weighted by atomic mass is 9.99. The Morgan fingerprint density at radius 1 is 1.25 bits per heavy atom.